The molecular formula is C7H4Cl2N2O2. The molecule has 4 nitrogen and oxygen atoms in total. The highest BCUT2D eigenvalue weighted by Crippen LogP contribution is 2.20. The molecule has 6 heteroatoms. The first-order valence-electron chi connectivity index (χ1n) is 3.18. The van der Waals surface area contributed by atoms with E-state index in [0.717, 1.165) is 6.08 Å². The van der Waals surface area contributed by atoms with E-state index in [-0.39, 0.29) is 10.3 Å². The molecule has 68 valence electrons. The summed E-state index contributed by atoms with van der Waals surface area (Å²) >= 11 is 11.3. The molecule has 0 aliphatic heterocycles. The fourth-order valence-electron chi connectivity index (χ4n) is 0.647. The summed E-state index contributed by atoms with van der Waals surface area (Å²) in [5.74, 6) is -1.09. The highest BCUT2D eigenvalue weighted by molar-refractivity contribution is 6.35. The van der Waals surface area contributed by atoms with Crippen LogP contribution in [0.2, 0.25) is 10.3 Å². The average Bonchev–Trinajstić information content (AvgIpc) is 2.03. The summed E-state index contributed by atoms with van der Waals surface area (Å²) in [6.07, 6.45) is 3.35. The standard InChI is InChI=1S/C7H4Cl2N2O2/c8-6-4(1-2-5(12)13)7(9)11-3-10-6/h1-3H,(H,12,13). The third-order valence-corrected chi connectivity index (χ3v) is 1.78. The number of rotatable bonds is 2. The van der Waals surface area contributed by atoms with Crippen LogP contribution in [0.15, 0.2) is 12.4 Å². The van der Waals surface area contributed by atoms with Crippen molar-refractivity contribution in [2.45, 2.75) is 0 Å². The zero-order chi connectivity index (χ0) is 9.84. The molecule has 1 aromatic heterocycles. The summed E-state index contributed by atoms with van der Waals surface area (Å²) in [6.45, 7) is 0. The van der Waals surface area contributed by atoms with E-state index in [1.165, 1.54) is 12.4 Å². The van der Waals surface area contributed by atoms with Gasteiger partial charge in [0, 0.05) is 11.6 Å². The van der Waals surface area contributed by atoms with Crippen LogP contribution in [0.25, 0.3) is 6.08 Å². The van der Waals surface area contributed by atoms with Gasteiger partial charge in [-0.15, -0.1) is 0 Å². The second-order valence-electron chi connectivity index (χ2n) is 2.04. The average molecular weight is 219 g/mol. The van der Waals surface area contributed by atoms with Crippen molar-refractivity contribution in [3.8, 4) is 0 Å². The minimum atomic E-state index is -1.09. The van der Waals surface area contributed by atoms with Crippen LogP contribution in [0, 0.1) is 0 Å². The molecule has 0 bridgehead atoms. The summed E-state index contributed by atoms with van der Waals surface area (Å²) in [5, 5.41) is 8.59. The molecule has 0 atom stereocenters. The smallest absolute Gasteiger partial charge is 0.328 e. The highest BCUT2D eigenvalue weighted by Gasteiger charge is 2.04. The monoisotopic (exact) mass is 218 g/mol. The van der Waals surface area contributed by atoms with Gasteiger partial charge >= 0.3 is 5.97 Å². The van der Waals surface area contributed by atoms with Crippen molar-refractivity contribution in [2.75, 3.05) is 0 Å². The number of carboxylic acid groups (broad SMARTS) is 1. The van der Waals surface area contributed by atoms with Gasteiger partial charge in [-0.1, -0.05) is 23.2 Å². The van der Waals surface area contributed by atoms with Gasteiger partial charge in [0.25, 0.3) is 0 Å². The molecular weight excluding hydrogens is 215 g/mol. The lowest BCUT2D eigenvalue weighted by Crippen LogP contribution is -1.89. The fraction of sp³-hybridized carbons (Fsp3) is 0. The Kier molecular flexibility index (Phi) is 3.22. The van der Waals surface area contributed by atoms with Crippen molar-refractivity contribution < 1.29 is 9.90 Å². The molecule has 0 unspecified atom stereocenters. The van der Waals surface area contributed by atoms with Crippen molar-refractivity contribution >= 4 is 35.2 Å². The second-order valence-corrected chi connectivity index (χ2v) is 2.76. The maximum absolute atomic E-state index is 10.2. The molecule has 0 saturated carbocycles. The molecule has 1 heterocycles. The van der Waals surface area contributed by atoms with Gasteiger partial charge in [-0.2, -0.15) is 0 Å². The zero-order valence-corrected chi connectivity index (χ0v) is 7.75. The van der Waals surface area contributed by atoms with Gasteiger partial charge in [0.1, 0.15) is 16.6 Å². The van der Waals surface area contributed by atoms with Crippen molar-refractivity contribution in [1.29, 1.82) is 0 Å². The largest absolute Gasteiger partial charge is 0.478 e. The van der Waals surface area contributed by atoms with Crippen LogP contribution in [0.1, 0.15) is 5.56 Å². The summed E-state index contributed by atoms with van der Waals surface area (Å²) < 4.78 is 0. The number of halogens is 2. The number of hydrogen-bond donors (Lipinski definition) is 1. The van der Waals surface area contributed by atoms with E-state index in [9.17, 15) is 4.79 Å². The number of aromatic nitrogens is 2. The Bertz CT molecular complexity index is 345. The van der Waals surface area contributed by atoms with E-state index >= 15 is 0 Å². The Labute approximate surface area is 83.8 Å². The first-order chi connectivity index (χ1) is 6.11. The minimum Gasteiger partial charge on any atom is -0.478 e. The summed E-state index contributed by atoms with van der Waals surface area (Å²) in [6, 6.07) is 0. The Morgan fingerprint density at radius 1 is 1.38 bits per heavy atom. The van der Waals surface area contributed by atoms with Crippen LogP contribution < -0.4 is 0 Å². The Balaban J connectivity index is 3.06. The second kappa shape index (κ2) is 4.20. The lowest BCUT2D eigenvalue weighted by Gasteiger charge is -1.97. The Hall–Kier alpha value is -1.13. The molecule has 0 spiro atoms. The summed E-state index contributed by atoms with van der Waals surface area (Å²) in [5.41, 5.74) is 0.299. The molecule has 0 radical (unpaired) electrons. The van der Waals surface area contributed by atoms with Gasteiger partial charge < -0.3 is 5.11 Å². The molecule has 0 aliphatic carbocycles. The molecule has 0 saturated heterocycles. The molecule has 13 heavy (non-hydrogen) atoms. The first kappa shape index (κ1) is 9.95. The van der Waals surface area contributed by atoms with E-state index in [1.54, 1.807) is 0 Å². The summed E-state index contributed by atoms with van der Waals surface area (Å²) in [4.78, 5) is 17.5. The zero-order valence-electron chi connectivity index (χ0n) is 6.24. The maximum atomic E-state index is 10.2. The lowest BCUT2D eigenvalue weighted by molar-refractivity contribution is -0.131. The van der Waals surface area contributed by atoms with E-state index in [1.807, 2.05) is 0 Å². The third-order valence-electron chi connectivity index (χ3n) is 1.18. The van der Waals surface area contributed by atoms with Crippen LogP contribution in [-0.4, -0.2) is 21.0 Å². The predicted octanol–water partition coefficient (Wildman–Crippen LogP) is 1.88. The number of aliphatic carboxylic acids is 1. The van der Waals surface area contributed by atoms with Gasteiger partial charge in [0.2, 0.25) is 0 Å². The SMILES string of the molecule is O=C(O)C=Cc1c(Cl)ncnc1Cl. The van der Waals surface area contributed by atoms with Crippen molar-refractivity contribution in [3.63, 3.8) is 0 Å². The van der Waals surface area contributed by atoms with Gasteiger partial charge in [-0.05, 0) is 6.08 Å². The number of carboxylic acids is 1. The normalized spacial score (nSPS) is 10.6. The van der Waals surface area contributed by atoms with E-state index in [2.05, 4.69) is 9.97 Å². The maximum Gasteiger partial charge on any atom is 0.328 e. The lowest BCUT2D eigenvalue weighted by atomic mass is 10.3. The van der Waals surface area contributed by atoms with Crippen molar-refractivity contribution in [3.05, 3.63) is 28.3 Å². The fourth-order valence-corrected chi connectivity index (χ4v) is 1.09. The van der Waals surface area contributed by atoms with E-state index in [4.69, 9.17) is 28.3 Å². The quantitative estimate of drug-likeness (QED) is 0.609. The third kappa shape index (κ3) is 2.68. The van der Waals surface area contributed by atoms with Gasteiger partial charge in [-0.3, -0.25) is 0 Å². The van der Waals surface area contributed by atoms with E-state index in [0.29, 0.717) is 5.56 Å². The summed E-state index contributed by atoms with van der Waals surface area (Å²) in [7, 11) is 0. The minimum absolute atomic E-state index is 0.123. The Morgan fingerprint density at radius 2 is 1.92 bits per heavy atom. The molecule has 0 amide bonds. The molecule has 0 aliphatic rings. The molecule has 0 fully saturated rings. The van der Waals surface area contributed by atoms with Crippen molar-refractivity contribution in [1.82, 2.24) is 9.97 Å². The first-order valence-corrected chi connectivity index (χ1v) is 3.94. The predicted molar refractivity (Wildman–Crippen MR) is 48.7 cm³/mol. The van der Waals surface area contributed by atoms with Crippen LogP contribution >= 0.6 is 23.2 Å². The highest BCUT2D eigenvalue weighted by atomic mass is 35.5. The number of hydrogen-bond acceptors (Lipinski definition) is 3. The van der Waals surface area contributed by atoms with E-state index < -0.39 is 5.97 Å². The van der Waals surface area contributed by atoms with Crippen LogP contribution in [0.5, 0.6) is 0 Å². The number of carbonyl (C=O) groups is 1. The van der Waals surface area contributed by atoms with Gasteiger partial charge in [0.05, 0.1) is 0 Å². The topological polar surface area (TPSA) is 63.1 Å². The van der Waals surface area contributed by atoms with Crippen LogP contribution in [-0.2, 0) is 4.79 Å². The van der Waals surface area contributed by atoms with Crippen LogP contribution in [0.4, 0.5) is 0 Å². The van der Waals surface area contributed by atoms with Gasteiger partial charge in [0.15, 0.2) is 0 Å². The van der Waals surface area contributed by atoms with Crippen LogP contribution in [0.3, 0.4) is 0 Å². The molecule has 1 aromatic rings. The molecule has 1 N–H and O–H groups in total. The van der Waals surface area contributed by atoms with Gasteiger partial charge in [-0.25, -0.2) is 14.8 Å². The molecule has 1 rings (SSSR count). The molecule has 0 aromatic carbocycles. The van der Waals surface area contributed by atoms with Crippen molar-refractivity contribution in [2.24, 2.45) is 0 Å². The Morgan fingerprint density at radius 3 is 2.38 bits per heavy atom. The number of nitrogens with zero attached hydrogens (tertiary/aromatic N) is 2.